The Morgan fingerprint density at radius 3 is 2.38 bits per heavy atom. The topological polar surface area (TPSA) is 69.2 Å². The van der Waals surface area contributed by atoms with E-state index in [1.807, 2.05) is 18.5 Å². The number of pyridine rings is 1. The predicted molar refractivity (Wildman–Crippen MR) is 126 cm³/mol. The molecule has 165 valence electrons. The van der Waals surface area contributed by atoms with E-state index in [1.54, 1.807) is 0 Å². The molecule has 0 bridgehead atoms. The Morgan fingerprint density at radius 2 is 1.75 bits per heavy atom. The molecular formula is C26H24IrN3O2-. The van der Waals surface area contributed by atoms with Crippen molar-refractivity contribution < 1.29 is 30.0 Å². The maximum atomic E-state index is 10.0. The molecule has 0 unspecified atom stereocenters. The van der Waals surface area contributed by atoms with E-state index in [-0.39, 0.29) is 31.6 Å². The van der Waals surface area contributed by atoms with Gasteiger partial charge in [0.1, 0.15) is 0 Å². The SMILES string of the molecule is CC(=O)/C=C(/C)O.Cc1c[n-]c(-n2c3ccc4ccccc4c3c3cccnc32)c1C.[Ir]. The smallest absolute Gasteiger partial charge is 0.155 e. The number of aryl methyl sites for hydroxylation is 1. The number of carbonyl (C=O) groups excluding carboxylic acids is 1. The van der Waals surface area contributed by atoms with Gasteiger partial charge >= 0.3 is 0 Å². The van der Waals surface area contributed by atoms with Crippen LogP contribution < -0.4 is 4.98 Å². The first-order valence-corrected chi connectivity index (χ1v) is 10.1. The van der Waals surface area contributed by atoms with Crippen molar-refractivity contribution >= 4 is 38.5 Å². The Kier molecular flexibility index (Phi) is 6.97. The minimum Gasteiger partial charge on any atom is -0.512 e. The standard InChI is InChI=1S/C21H16N3.C5H8O2.Ir/c1-13-12-23-20(14(13)2)24-18-10-9-15-6-3-4-7-16(15)19(18)17-8-5-11-22-21(17)24;1-4(6)3-5(2)7;/h3-12H,1-2H3;3,6H,1-2H3;/q-1;;/b;4-3-;. The number of hydrogen-bond donors (Lipinski definition) is 1. The zero-order chi connectivity index (χ0) is 22.1. The second-order valence-electron chi connectivity index (χ2n) is 7.68. The van der Waals surface area contributed by atoms with E-state index in [4.69, 9.17) is 5.11 Å². The van der Waals surface area contributed by atoms with Crippen LogP contribution in [0.25, 0.3) is 38.5 Å². The van der Waals surface area contributed by atoms with Gasteiger partial charge < -0.3 is 14.7 Å². The van der Waals surface area contributed by atoms with Gasteiger partial charge in [0, 0.05) is 37.8 Å². The summed E-state index contributed by atoms with van der Waals surface area (Å²) in [6.45, 7) is 7.07. The van der Waals surface area contributed by atoms with Gasteiger partial charge in [-0.15, -0.1) is 0 Å². The number of nitrogens with zero attached hydrogens (tertiary/aromatic N) is 3. The number of rotatable bonds is 2. The van der Waals surface area contributed by atoms with Gasteiger partial charge in [0.05, 0.1) is 11.4 Å². The van der Waals surface area contributed by atoms with E-state index in [0.717, 1.165) is 17.0 Å². The van der Waals surface area contributed by atoms with E-state index in [2.05, 4.69) is 70.8 Å². The second-order valence-corrected chi connectivity index (χ2v) is 7.68. The third-order valence-electron chi connectivity index (χ3n) is 5.35. The van der Waals surface area contributed by atoms with Crippen molar-refractivity contribution in [2.24, 2.45) is 0 Å². The maximum Gasteiger partial charge on any atom is 0.155 e. The van der Waals surface area contributed by atoms with Crippen LogP contribution in [0.5, 0.6) is 0 Å². The molecule has 5 aromatic rings. The van der Waals surface area contributed by atoms with Gasteiger partial charge in [-0.05, 0) is 66.8 Å². The van der Waals surface area contributed by atoms with Gasteiger partial charge in [-0.2, -0.15) is 0 Å². The summed E-state index contributed by atoms with van der Waals surface area (Å²) in [4.78, 5) is 19.4. The van der Waals surface area contributed by atoms with Crippen LogP contribution >= 0.6 is 0 Å². The molecule has 0 aliphatic heterocycles. The van der Waals surface area contributed by atoms with Crippen molar-refractivity contribution in [1.29, 1.82) is 0 Å². The first-order valence-electron chi connectivity index (χ1n) is 10.1. The van der Waals surface area contributed by atoms with Crippen LogP contribution in [0.15, 0.2) is 72.8 Å². The molecule has 1 N–H and O–H groups in total. The Hall–Kier alpha value is -3.21. The van der Waals surface area contributed by atoms with Crippen LogP contribution in [0.2, 0.25) is 0 Å². The van der Waals surface area contributed by atoms with Crippen LogP contribution in [0.1, 0.15) is 25.0 Å². The summed E-state index contributed by atoms with van der Waals surface area (Å²) < 4.78 is 2.19. The summed E-state index contributed by atoms with van der Waals surface area (Å²) in [6, 6.07) is 17.0. The molecule has 0 aliphatic carbocycles. The van der Waals surface area contributed by atoms with Crippen molar-refractivity contribution in [1.82, 2.24) is 14.5 Å². The van der Waals surface area contributed by atoms with E-state index in [9.17, 15) is 4.79 Å². The molecule has 2 aromatic carbocycles. The van der Waals surface area contributed by atoms with Gasteiger partial charge in [0.25, 0.3) is 0 Å². The maximum absolute atomic E-state index is 10.0. The third-order valence-corrected chi connectivity index (χ3v) is 5.35. The number of carbonyl (C=O) groups is 1. The molecule has 0 spiro atoms. The van der Waals surface area contributed by atoms with Crippen molar-refractivity contribution in [3.63, 3.8) is 0 Å². The molecule has 1 radical (unpaired) electrons. The fourth-order valence-electron chi connectivity index (χ4n) is 3.88. The summed E-state index contributed by atoms with van der Waals surface area (Å²) in [5, 5.41) is 13.3. The molecule has 0 atom stereocenters. The van der Waals surface area contributed by atoms with Gasteiger partial charge in [-0.25, -0.2) is 0 Å². The summed E-state index contributed by atoms with van der Waals surface area (Å²) in [5.74, 6) is 0.911. The van der Waals surface area contributed by atoms with Crippen LogP contribution in [-0.4, -0.2) is 20.4 Å². The second kappa shape index (κ2) is 9.51. The van der Waals surface area contributed by atoms with E-state index in [0.29, 0.717) is 0 Å². The number of aliphatic hydroxyl groups excluding tert-OH is 1. The number of ketones is 1. The fraction of sp³-hybridized carbons (Fsp3) is 0.154. The molecular weight excluding hydrogens is 579 g/mol. The van der Waals surface area contributed by atoms with Crippen LogP contribution in [0, 0.1) is 13.8 Å². The average molecular weight is 603 g/mol. The Morgan fingerprint density at radius 1 is 1.03 bits per heavy atom. The summed E-state index contributed by atoms with van der Waals surface area (Å²) in [6.07, 6.45) is 4.96. The number of benzene rings is 2. The molecule has 0 amide bonds. The summed E-state index contributed by atoms with van der Waals surface area (Å²) >= 11 is 0. The summed E-state index contributed by atoms with van der Waals surface area (Å²) in [7, 11) is 0. The molecule has 0 fully saturated rings. The zero-order valence-electron chi connectivity index (χ0n) is 18.4. The minimum absolute atomic E-state index is 0. The van der Waals surface area contributed by atoms with Crippen LogP contribution in [0.3, 0.4) is 0 Å². The molecule has 32 heavy (non-hydrogen) atoms. The zero-order valence-corrected chi connectivity index (χ0v) is 20.8. The third kappa shape index (κ3) is 4.24. The Balaban J connectivity index is 0.000000318. The van der Waals surface area contributed by atoms with Crippen molar-refractivity contribution in [3.8, 4) is 5.82 Å². The first-order chi connectivity index (χ1) is 14.9. The number of allylic oxidation sites excluding steroid dienone is 2. The quantitative estimate of drug-likeness (QED) is 0.201. The monoisotopic (exact) mass is 603 g/mol. The molecule has 5 rings (SSSR count). The van der Waals surface area contributed by atoms with E-state index >= 15 is 0 Å². The fourth-order valence-corrected chi connectivity index (χ4v) is 3.88. The minimum atomic E-state index is -0.125. The normalized spacial score (nSPS) is 11.3. The van der Waals surface area contributed by atoms with Crippen molar-refractivity contribution in [3.05, 3.63) is 83.9 Å². The van der Waals surface area contributed by atoms with Gasteiger partial charge in [0.15, 0.2) is 5.78 Å². The van der Waals surface area contributed by atoms with E-state index < -0.39 is 0 Å². The Labute approximate surface area is 200 Å². The molecule has 0 saturated carbocycles. The Bertz CT molecular complexity index is 1460. The largest absolute Gasteiger partial charge is 0.512 e. The molecule has 3 heterocycles. The molecule has 5 nitrogen and oxygen atoms in total. The molecule has 3 aromatic heterocycles. The molecule has 6 heteroatoms. The van der Waals surface area contributed by atoms with Gasteiger partial charge in [-0.3, -0.25) is 9.78 Å². The first kappa shape index (κ1) is 23.5. The summed E-state index contributed by atoms with van der Waals surface area (Å²) in [5.41, 5.74) is 4.53. The number of aromatic nitrogens is 3. The van der Waals surface area contributed by atoms with Gasteiger partial charge in [0.2, 0.25) is 0 Å². The number of fused-ring (bicyclic) bond motifs is 5. The van der Waals surface area contributed by atoms with Crippen LogP contribution in [-0.2, 0) is 24.9 Å². The van der Waals surface area contributed by atoms with Crippen molar-refractivity contribution in [2.75, 3.05) is 0 Å². The van der Waals surface area contributed by atoms with E-state index in [1.165, 1.54) is 52.6 Å². The van der Waals surface area contributed by atoms with Crippen molar-refractivity contribution in [2.45, 2.75) is 27.7 Å². The molecule has 0 saturated heterocycles. The predicted octanol–water partition coefficient (Wildman–Crippen LogP) is 5.94. The average Bonchev–Trinajstić information content (AvgIpc) is 3.24. The van der Waals surface area contributed by atoms with Crippen LogP contribution in [0.4, 0.5) is 0 Å². The number of aliphatic hydroxyl groups is 1. The number of hydrogen-bond acceptors (Lipinski definition) is 3. The van der Waals surface area contributed by atoms with Gasteiger partial charge in [-0.1, -0.05) is 54.2 Å². The molecule has 0 aliphatic rings.